The minimum Gasteiger partial charge on any atom is -0.481 e. The van der Waals surface area contributed by atoms with Crippen molar-refractivity contribution in [1.29, 1.82) is 5.26 Å². The molecule has 9 heteroatoms. The van der Waals surface area contributed by atoms with E-state index in [-0.39, 0.29) is 0 Å². The average molecular weight is 488 g/mol. The Kier molecular flexibility index (Phi) is 5.42. The van der Waals surface area contributed by atoms with Crippen LogP contribution in [0.4, 0.5) is 0 Å². The number of aliphatic imine (C=N–C) groups is 1. The van der Waals surface area contributed by atoms with Crippen LogP contribution in [-0.4, -0.2) is 31.6 Å². The summed E-state index contributed by atoms with van der Waals surface area (Å²) in [4.78, 5) is 18.9. The maximum atomic E-state index is 12.0. The lowest BCUT2D eigenvalue weighted by molar-refractivity contribution is -0.141. The van der Waals surface area contributed by atoms with Crippen molar-refractivity contribution in [1.82, 2.24) is 14.8 Å². The van der Waals surface area contributed by atoms with Gasteiger partial charge in [0.15, 0.2) is 5.82 Å². The molecule has 0 amide bonds. The van der Waals surface area contributed by atoms with Crippen molar-refractivity contribution in [3.05, 3.63) is 73.8 Å². The number of rotatable bonds is 4. The molecule has 5 rings (SSSR count). The first kappa shape index (κ1) is 22.2. The van der Waals surface area contributed by atoms with Crippen LogP contribution < -0.4 is 0 Å². The fourth-order valence-corrected chi connectivity index (χ4v) is 6.17. The van der Waals surface area contributed by atoms with Crippen molar-refractivity contribution in [2.24, 2.45) is 10.9 Å². The Morgan fingerprint density at radius 3 is 2.53 bits per heavy atom. The Morgan fingerprint density at radius 2 is 1.85 bits per heavy atom. The molecule has 1 aliphatic rings. The molecular weight excluding hydrogens is 466 g/mol. The zero-order valence-electron chi connectivity index (χ0n) is 19.0. The van der Waals surface area contributed by atoms with Crippen molar-refractivity contribution in [3.8, 4) is 22.2 Å². The third kappa shape index (κ3) is 3.38. The fraction of sp³-hybridized carbons (Fsp3) is 0.240. The smallest absolute Gasteiger partial charge is 0.308 e. The summed E-state index contributed by atoms with van der Waals surface area (Å²) in [6, 6.07) is 11.5. The number of aliphatic carboxylic acids is 1. The summed E-state index contributed by atoms with van der Waals surface area (Å²) in [6.07, 6.45) is 0. The number of carboxylic acids is 1. The highest BCUT2D eigenvalue weighted by molar-refractivity contribution is 7.15. The number of hydrogen-bond donors (Lipinski definition) is 1. The minimum absolute atomic E-state index is 0.540. The zero-order valence-corrected chi connectivity index (χ0v) is 20.7. The highest BCUT2D eigenvalue weighted by Crippen LogP contribution is 2.41. The van der Waals surface area contributed by atoms with Gasteiger partial charge < -0.3 is 5.11 Å². The monoisotopic (exact) mass is 487 g/mol. The summed E-state index contributed by atoms with van der Waals surface area (Å²) >= 11 is 3.06. The molecular formula is C25H21N5O2S2. The van der Waals surface area contributed by atoms with Crippen molar-refractivity contribution >= 4 is 34.4 Å². The van der Waals surface area contributed by atoms with Gasteiger partial charge in [0, 0.05) is 21.6 Å². The quantitative estimate of drug-likeness (QED) is 0.411. The minimum atomic E-state index is -0.935. The van der Waals surface area contributed by atoms with Crippen LogP contribution in [0.25, 0.3) is 16.1 Å². The maximum absolute atomic E-state index is 12.0. The van der Waals surface area contributed by atoms with E-state index in [1.807, 2.05) is 47.2 Å². The molecule has 34 heavy (non-hydrogen) atoms. The van der Waals surface area contributed by atoms with E-state index in [1.165, 1.54) is 11.3 Å². The third-order valence-corrected chi connectivity index (χ3v) is 8.30. The topological polar surface area (TPSA) is 104 Å². The molecule has 0 saturated heterocycles. The largest absolute Gasteiger partial charge is 0.481 e. The lowest BCUT2D eigenvalue weighted by atomic mass is 9.96. The summed E-state index contributed by atoms with van der Waals surface area (Å²) in [5.74, 6) is -0.474. The SMILES string of the molecule is Cc1sc2c(c1C)C(c1ccc(-c3ccsc3C#N)cc1)=NC([C@H](C)C(=O)O)c1nnc(C)n1-2. The Labute approximate surface area is 204 Å². The van der Waals surface area contributed by atoms with Crippen molar-refractivity contribution in [2.75, 3.05) is 0 Å². The van der Waals surface area contributed by atoms with Gasteiger partial charge in [-0.15, -0.1) is 32.9 Å². The molecule has 0 spiro atoms. The van der Waals surface area contributed by atoms with Crippen LogP contribution in [0.15, 0.2) is 40.7 Å². The molecule has 4 heterocycles. The molecule has 2 atom stereocenters. The van der Waals surface area contributed by atoms with E-state index in [2.05, 4.69) is 30.1 Å². The van der Waals surface area contributed by atoms with E-state index < -0.39 is 17.9 Å². The fourth-order valence-electron chi connectivity index (χ4n) is 4.25. The van der Waals surface area contributed by atoms with E-state index in [4.69, 9.17) is 4.99 Å². The molecule has 0 bridgehead atoms. The highest BCUT2D eigenvalue weighted by Gasteiger charge is 2.36. The number of nitrogens with zero attached hydrogens (tertiary/aromatic N) is 5. The van der Waals surface area contributed by atoms with Gasteiger partial charge in [-0.3, -0.25) is 14.4 Å². The van der Waals surface area contributed by atoms with Gasteiger partial charge in [-0.1, -0.05) is 24.3 Å². The van der Waals surface area contributed by atoms with Crippen molar-refractivity contribution < 1.29 is 9.90 Å². The number of hydrogen-bond acceptors (Lipinski definition) is 7. The van der Waals surface area contributed by atoms with Gasteiger partial charge in [0.05, 0.1) is 11.6 Å². The predicted octanol–water partition coefficient (Wildman–Crippen LogP) is 5.47. The van der Waals surface area contributed by atoms with Crippen LogP contribution in [0.5, 0.6) is 0 Å². The second-order valence-corrected chi connectivity index (χ2v) is 10.4. The number of aryl methyl sites for hydroxylation is 2. The number of carbonyl (C=O) groups is 1. The molecule has 1 aromatic carbocycles. The number of benzene rings is 1. The Bertz CT molecular complexity index is 1500. The van der Waals surface area contributed by atoms with Crippen LogP contribution >= 0.6 is 22.7 Å². The van der Waals surface area contributed by atoms with Crippen molar-refractivity contribution in [2.45, 2.75) is 33.7 Å². The summed E-state index contributed by atoms with van der Waals surface area (Å²) in [5, 5.41) is 30.7. The first-order valence-corrected chi connectivity index (χ1v) is 12.4. The lowest BCUT2D eigenvalue weighted by Crippen LogP contribution is -2.21. The van der Waals surface area contributed by atoms with Crippen LogP contribution in [-0.2, 0) is 4.79 Å². The van der Waals surface area contributed by atoms with E-state index in [1.54, 1.807) is 18.3 Å². The number of nitriles is 1. The summed E-state index contributed by atoms with van der Waals surface area (Å²) in [6.45, 7) is 7.68. The maximum Gasteiger partial charge on any atom is 0.308 e. The molecule has 0 aliphatic carbocycles. The second kappa shape index (κ2) is 8.31. The second-order valence-electron chi connectivity index (χ2n) is 8.31. The zero-order chi connectivity index (χ0) is 24.1. The van der Waals surface area contributed by atoms with Gasteiger partial charge in [0.2, 0.25) is 0 Å². The summed E-state index contributed by atoms with van der Waals surface area (Å²) < 4.78 is 1.96. The molecule has 1 N–H and O–H groups in total. The van der Waals surface area contributed by atoms with Gasteiger partial charge >= 0.3 is 5.97 Å². The summed E-state index contributed by atoms with van der Waals surface area (Å²) in [7, 11) is 0. The third-order valence-electron chi connectivity index (χ3n) is 6.29. The van der Waals surface area contributed by atoms with Crippen LogP contribution in [0.2, 0.25) is 0 Å². The van der Waals surface area contributed by atoms with E-state index >= 15 is 0 Å². The van der Waals surface area contributed by atoms with Crippen LogP contribution in [0.3, 0.4) is 0 Å². The van der Waals surface area contributed by atoms with Gasteiger partial charge in [0.25, 0.3) is 0 Å². The molecule has 0 fully saturated rings. The normalized spacial score (nSPS) is 15.6. The van der Waals surface area contributed by atoms with E-state index in [0.717, 1.165) is 43.4 Å². The first-order valence-electron chi connectivity index (χ1n) is 10.7. The molecule has 170 valence electrons. The first-order chi connectivity index (χ1) is 16.3. The number of carboxylic acid groups (broad SMARTS) is 1. The van der Waals surface area contributed by atoms with Crippen LogP contribution in [0, 0.1) is 38.0 Å². The van der Waals surface area contributed by atoms with Crippen LogP contribution in [0.1, 0.15) is 51.1 Å². The number of thiophene rings is 2. The molecule has 3 aromatic heterocycles. The van der Waals surface area contributed by atoms with Gasteiger partial charge in [-0.05, 0) is 50.3 Å². The molecule has 1 aliphatic heterocycles. The number of aromatic nitrogens is 3. The molecule has 0 radical (unpaired) electrons. The predicted molar refractivity (Wildman–Crippen MR) is 133 cm³/mol. The molecule has 7 nitrogen and oxygen atoms in total. The van der Waals surface area contributed by atoms with Crippen molar-refractivity contribution in [3.63, 3.8) is 0 Å². The van der Waals surface area contributed by atoms with E-state index in [9.17, 15) is 15.2 Å². The van der Waals surface area contributed by atoms with Gasteiger partial charge in [0.1, 0.15) is 27.8 Å². The molecule has 0 saturated carbocycles. The number of fused-ring (bicyclic) bond motifs is 3. The Balaban J connectivity index is 1.72. The molecule has 4 aromatic rings. The average Bonchev–Trinajstić information content (AvgIpc) is 3.50. The standard InChI is InChI=1S/C25H21N5O2S2/c1-12-14(3)34-24-20(12)22(17-7-5-16(6-8-17)18-9-10-33-19(18)11-26)27-21(13(2)25(31)32)23-29-28-15(4)30(23)24/h5-10,13,21H,1-4H3,(H,31,32)/t13-,21?/m0/s1. The highest BCUT2D eigenvalue weighted by atomic mass is 32.1. The van der Waals surface area contributed by atoms with E-state index in [0.29, 0.717) is 16.5 Å². The lowest BCUT2D eigenvalue weighted by Gasteiger charge is -2.16. The van der Waals surface area contributed by atoms with Gasteiger partial charge in [-0.2, -0.15) is 5.26 Å². The van der Waals surface area contributed by atoms with Gasteiger partial charge in [-0.25, -0.2) is 0 Å². The Morgan fingerprint density at radius 1 is 1.15 bits per heavy atom. The molecule has 1 unspecified atom stereocenters. The Hall–Kier alpha value is -3.61. The summed E-state index contributed by atoms with van der Waals surface area (Å²) in [5.41, 5.74) is 5.58.